The second-order valence-electron chi connectivity index (χ2n) is 20.0. The fourth-order valence-corrected chi connectivity index (χ4v) is 12.7. The lowest BCUT2D eigenvalue weighted by Gasteiger charge is -2.45. The lowest BCUT2D eigenvalue weighted by atomic mass is 9.64. The largest absolute Gasteiger partial charge is 0.310 e. The molecule has 2 heteroatoms. The first-order chi connectivity index (χ1) is 35.5. The molecule has 0 radical (unpaired) electrons. The Hall–Kier alpha value is -8.98. The van der Waals surface area contributed by atoms with Crippen LogP contribution in [0.1, 0.15) is 47.2 Å². The van der Waals surface area contributed by atoms with E-state index in [2.05, 4.69) is 291 Å². The van der Waals surface area contributed by atoms with Crippen molar-refractivity contribution in [1.29, 1.82) is 0 Å². The molecule has 72 heavy (non-hydrogen) atoms. The molecule has 11 aromatic rings. The summed E-state index contributed by atoms with van der Waals surface area (Å²) >= 11 is 0. The van der Waals surface area contributed by atoms with Gasteiger partial charge in [-0.1, -0.05) is 226 Å². The molecule has 2 aliphatic carbocycles. The minimum atomic E-state index is -0.581. The van der Waals surface area contributed by atoms with E-state index in [1.54, 1.807) is 0 Å². The zero-order valence-electron chi connectivity index (χ0n) is 40.3. The molecule has 3 aliphatic rings. The van der Waals surface area contributed by atoms with Crippen LogP contribution in [0.15, 0.2) is 267 Å². The summed E-state index contributed by atoms with van der Waals surface area (Å²) in [6, 6.07) is 99.0. The number of fused-ring (bicyclic) bond motifs is 12. The van der Waals surface area contributed by atoms with Crippen LogP contribution in [0.4, 0.5) is 34.1 Å². The molecular formula is C70H50N2. The zero-order chi connectivity index (χ0) is 48.0. The third-order valence-corrected chi connectivity index (χ3v) is 15.9. The SMILES string of the molecule is CC1(C)c2ccccc2-c2ccc(-c3ccc(-c4ccc(N(c5ccccc5-c5ccccc5)c5cccc6c5-c5ccccc5C65c6ccccc6N(c6ccccc6)c6ccccc65)cc4)cc3)cc21. The van der Waals surface area contributed by atoms with Gasteiger partial charge in [-0.05, 0) is 132 Å². The molecule has 0 atom stereocenters. The van der Waals surface area contributed by atoms with Crippen LogP contribution in [0.5, 0.6) is 0 Å². The van der Waals surface area contributed by atoms with Gasteiger partial charge in [0.05, 0.1) is 28.2 Å². The van der Waals surface area contributed by atoms with E-state index in [1.807, 2.05) is 0 Å². The molecule has 340 valence electrons. The summed E-state index contributed by atoms with van der Waals surface area (Å²) in [6.07, 6.45) is 0. The van der Waals surface area contributed by atoms with Gasteiger partial charge in [0.25, 0.3) is 0 Å². The average molecular weight is 919 g/mol. The highest BCUT2D eigenvalue weighted by Crippen LogP contribution is 2.65. The van der Waals surface area contributed by atoms with Gasteiger partial charge in [0.15, 0.2) is 0 Å². The Morgan fingerprint density at radius 1 is 0.306 bits per heavy atom. The summed E-state index contributed by atoms with van der Waals surface area (Å²) < 4.78 is 0. The van der Waals surface area contributed by atoms with Crippen LogP contribution in [-0.2, 0) is 10.8 Å². The molecule has 0 saturated heterocycles. The van der Waals surface area contributed by atoms with Crippen LogP contribution in [0.2, 0.25) is 0 Å². The van der Waals surface area contributed by atoms with Gasteiger partial charge < -0.3 is 9.80 Å². The van der Waals surface area contributed by atoms with Gasteiger partial charge in [0, 0.05) is 27.9 Å². The first-order valence-electron chi connectivity index (χ1n) is 25.2. The average Bonchev–Trinajstić information content (AvgIpc) is 3.87. The van der Waals surface area contributed by atoms with E-state index in [-0.39, 0.29) is 5.41 Å². The van der Waals surface area contributed by atoms with E-state index in [4.69, 9.17) is 0 Å². The summed E-state index contributed by atoms with van der Waals surface area (Å²) in [4.78, 5) is 4.96. The van der Waals surface area contributed by atoms with Gasteiger partial charge in [-0.3, -0.25) is 0 Å². The first kappa shape index (κ1) is 41.9. The third-order valence-electron chi connectivity index (χ3n) is 15.9. The van der Waals surface area contributed by atoms with Crippen molar-refractivity contribution in [3.8, 4) is 55.6 Å². The van der Waals surface area contributed by atoms with Gasteiger partial charge in [-0.15, -0.1) is 0 Å². The Morgan fingerprint density at radius 2 is 0.778 bits per heavy atom. The van der Waals surface area contributed by atoms with Gasteiger partial charge in [-0.25, -0.2) is 0 Å². The summed E-state index contributed by atoms with van der Waals surface area (Å²) in [5.41, 5.74) is 26.5. The van der Waals surface area contributed by atoms with Crippen molar-refractivity contribution < 1.29 is 0 Å². The molecule has 0 amide bonds. The van der Waals surface area contributed by atoms with E-state index in [9.17, 15) is 0 Å². The quantitative estimate of drug-likeness (QED) is 0.157. The molecule has 1 spiro atoms. The Balaban J connectivity index is 0.918. The number of anilines is 6. The second-order valence-corrected chi connectivity index (χ2v) is 20.0. The third kappa shape index (κ3) is 6.15. The topological polar surface area (TPSA) is 6.48 Å². The maximum Gasteiger partial charge on any atom is 0.0755 e. The normalized spacial score (nSPS) is 13.9. The van der Waals surface area contributed by atoms with Crippen LogP contribution in [0.3, 0.4) is 0 Å². The molecule has 0 aromatic heterocycles. The van der Waals surface area contributed by atoms with Crippen molar-refractivity contribution in [3.63, 3.8) is 0 Å². The zero-order valence-corrected chi connectivity index (χ0v) is 40.3. The van der Waals surface area contributed by atoms with E-state index >= 15 is 0 Å². The molecule has 2 nitrogen and oxygen atoms in total. The summed E-state index contributed by atoms with van der Waals surface area (Å²) in [5, 5.41) is 0. The van der Waals surface area contributed by atoms with Gasteiger partial charge in [0.2, 0.25) is 0 Å². The maximum atomic E-state index is 2.51. The highest BCUT2D eigenvalue weighted by Gasteiger charge is 2.52. The summed E-state index contributed by atoms with van der Waals surface area (Å²) in [5.74, 6) is 0. The number of benzene rings is 11. The van der Waals surface area contributed by atoms with Crippen molar-refractivity contribution >= 4 is 34.1 Å². The van der Waals surface area contributed by atoms with E-state index < -0.39 is 5.41 Å². The molecule has 0 unspecified atom stereocenters. The monoisotopic (exact) mass is 918 g/mol. The van der Waals surface area contributed by atoms with Crippen molar-refractivity contribution in [2.45, 2.75) is 24.7 Å². The number of para-hydroxylation sites is 4. The van der Waals surface area contributed by atoms with Gasteiger partial charge in [-0.2, -0.15) is 0 Å². The molecule has 14 rings (SSSR count). The standard InChI is InChI=1S/C70H50N2/c1-69(2)58-27-12-9-25-55(58)56-45-42-51(46-63(56)69)49-38-36-47(37-39-49)48-40-43-53(44-41-48)71(64-32-16-11-24-54(64)50-20-5-3-6-21-50)67-35-19-31-62-68(67)57-26-10-13-28-59(57)70(62)60-29-14-17-33-65(60)72(52-22-7-4-8-23-52)66-34-18-15-30-61(66)70/h3-46H,1-2H3. The van der Waals surface area contributed by atoms with Crippen molar-refractivity contribution in [3.05, 3.63) is 300 Å². The summed E-state index contributed by atoms with van der Waals surface area (Å²) in [7, 11) is 0. The Morgan fingerprint density at radius 3 is 1.46 bits per heavy atom. The first-order valence-corrected chi connectivity index (χ1v) is 25.2. The van der Waals surface area contributed by atoms with Crippen LogP contribution in [0.25, 0.3) is 55.6 Å². The number of nitrogens with zero attached hydrogens (tertiary/aromatic N) is 2. The molecule has 0 bridgehead atoms. The minimum absolute atomic E-state index is 0.0407. The molecule has 11 aromatic carbocycles. The van der Waals surface area contributed by atoms with Crippen molar-refractivity contribution in [2.24, 2.45) is 0 Å². The van der Waals surface area contributed by atoms with Gasteiger partial charge in [0.1, 0.15) is 0 Å². The van der Waals surface area contributed by atoms with Gasteiger partial charge >= 0.3 is 0 Å². The molecule has 1 heterocycles. The second kappa shape index (κ2) is 16.3. The molecule has 0 N–H and O–H groups in total. The molecule has 1 aliphatic heterocycles. The molecule has 0 saturated carbocycles. The van der Waals surface area contributed by atoms with Crippen LogP contribution in [-0.4, -0.2) is 0 Å². The minimum Gasteiger partial charge on any atom is -0.310 e. The Bertz CT molecular complexity index is 3840. The molecular weight excluding hydrogens is 869 g/mol. The van der Waals surface area contributed by atoms with E-state index in [0.717, 1.165) is 22.7 Å². The Labute approximate surface area is 422 Å². The van der Waals surface area contributed by atoms with E-state index in [1.165, 1.54) is 100 Å². The molecule has 0 fully saturated rings. The van der Waals surface area contributed by atoms with Crippen molar-refractivity contribution in [1.82, 2.24) is 0 Å². The summed E-state index contributed by atoms with van der Waals surface area (Å²) in [6.45, 7) is 4.70. The highest BCUT2D eigenvalue weighted by molar-refractivity contribution is 6.02. The maximum absolute atomic E-state index is 2.51. The van der Waals surface area contributed by atoms with Crippen LogP contribution >= 0.6 is 0 Å². The van der Waals surface area contributed by atoms with E-state index in [0.29, 0.717) is 0 Å². The van der Waals surface area contributed by atoms with Crippen LogP contribution < -0.4 is 9.80 Å². The Kier molecular flexibility index (Phi) is 9.50. The fraction of sp³-hybridized carbons (Fsp3) is 0.0571. The predicted molar refractivity (Wildman–Crippen MR) is 301 cm³/mol. The lowest BCUT2D eigenvalue weighted by molar-refractivity contribution is 0.660. The number of hydrogen-bond acceptors (Lipinski definition) is 2. The fourth-order valence-electron chi connectivity index (χ4n) is 12.7. The number of hydrogen-bond donors (Lipinski definition) is 0. The van der Waals surface area contributed by atoms with Crippen molar-refractivity contribution in [2.75, 3.05) is 9.80 Å². The van der Waals surface area contributed by atoms with Crippen LogP contribution in [0, 0.1) is 0 Å². The lowest BCUT2D eigenvalue weighted by Crippen LogP contribution is -2.36. The highest BCUT2D eigenvalue weighted by atomic mass is 15.2. The number of rotatable bonds is 7. The smallest absolute Gasteiger partial charge is 0.0755 e. The predicted octanol–water partition coefficient (Wildman–Crippen LogP) is 18.6.